The third-order valence-electron chi connectivity index (χ3n) is 7.99. The van der Waals surface area contributed by atoms with E-state index in [1.54, 1.807) is 41.5 Å². The molecule has 2 aromatic carbocycles. The van der Waals surface area contributed by atoms with Gasteiger partial charge in [0.05, 0.1) is 40.5 Å². The molecule has 4 rings (SSSR count). The number of halogens is 2. The normalized spacial score (nSPS) is 20.9. The number of hydrogen-bond acceptors (Lipinski definition) is 8. The van der Waals surface area contributed by atoms with E-state index in [4.69, 9.17) is 32.7 Å². The van der Waals surface area contributed by atoms with Gasteiger partial charge in [0.25, 0.3) is 15.9 Å². The molecule has 9 nitrogen and oxygen atoms in total. The molecule has 0 fully saturated rings. The van der Waals surface area contributed by atoms with Crippen molar-refractivity contribution < 1.29 is 27.8 Å². The summed E-state index contributed by atoms with van der Waals surface area (Å²) >= 11 is 13.5. The van der Waals surface area contributed by atoms with Crippen LogP contribution in [0.3, 0.4) is 0 Å². The van der Waals surface area contributed by atoms with Gasteiger partial charge in [-0.15, -0.1) is 11.3 Å². The van der Waals surface area contributed by atoms with E-state index in [0.29, 0.717) is 42.0 Å². The summed E-state index contributed by atoms with van der Waals surface area (Å²) in [5.74, 6) is -0.112. The van der Waals surface area contributed by atoms with Crippen molar-refractivity contribution in [2.75, 3.05) is 38.1 Å². The molecular weight excluding hydrogens is 669 g/mol. The minimum absolute atomic E-state index is 0.110. The lowest BCUT2D eigenvalue weighted by Gasteiger charge is -2.36. The van der Waals surface area contributed by atoms with Crippen molar-refractivity contribution >= 4 is 56.2 Å². The zero-order chi connectivity index (χ0) is 33.4. The second kappa shape index (κ2) is 16.6. The molecule has 0 saturated heterocycles. The van der Waals surface area contributed by atoms with Crippen molar-refractivity contribution in [1.82, 2.24) is 9.80 Å². The Kier molecular flexibility index (Phi) is 13.2. The SMILES string of the molecule is C[C@@H]1CCCCO[C@@H](CN(C)Cc2ccc(Cl)c(Cl)c2)[C@@H](C)CN([C@H](C)CO)C(=O)c2cc(NS(=O)(=O)c3cccs3)ccc2O1. The van der Waals surface area contributed by atoms with Crippen LogP contribution in [0, 0.1) is 5.92 Å². The number of ether oxygens (including phenoxy) is 2. The maximum absolute atomic E-state index is 14.3. The molecule has 1 aromatic heterocycles. The third-order valence-corrected chi connectivity index (χ3v) is 11.5. The van der Waals surface area contributed by atoms with Crippen LogP contribution in [0.2, 0.25) is 10.0 Å². The first kappa shape index (κ1) is 36.5. The zero-order valence-corrected chi connectivity index (χ0v) is 29.8. The summed E-state index contributed by atoms with van der Waals surface area (Å²) in [5, 5.41) is 12.9. The largest absolute Gasteiger partial charge is 0.490 e. The van der Waals surface area contributed by atoms with Gasteiger partial charge in [-0.05, 0) is 87.5 Å². The highest BCUT2D eigenvalue weighted by molar-refractivity contribution is 7.94. The molecule has 3 aromatic rings. The predicted molar refractivity (Wildman–Crippen MR) is 185 cm³/mol. The van der Waals surface area contributed by atoms with Gasteiger partial charge in [0.1, 0.15) is 9.96 Å². The first-order valence-corrected chi connectivity index (χ1v) is 18.5. The Hall–Kier alpha value is -2.38. The highest BCUT2D eigenvalue weighted by atomic mass is 35.5. The lowest BCUT2D eigenvalue weighted by molar-refractivity contribution is -0.0177. The Morgan fingerprint density at radius 2 is 1.91 bits per heavy atom. The van der Waals surface area contributed by atoms with E-state index < -0.39 is 16.1 Å². The van der Waals surface area contributed by atoms with Gasteiger partial charge in [-0.3, -0.25) is 14.4 Å². The fourth-order valence-corrected chi connectivity index (χ4v) is 7.75. The zero-order valence-electron chi connectivity index (χ0n) is 26.6. The molecule has 1 amide bonds. The Bertz CT molecular complexity index is 1560. The van der Waals surface area contributed by atoms with Crippen LogP contribution in [0.15, 0.2) is 58.1 Å². The molecule has 252 valence electrons. The summed E-state index contributed by atoms with van der Waals surface area (Å²) in [4.78, 5) is 18.1. The second-order valence-corrected chi connectivity index (χ2v) is 15.7. The number of hydrogen-bond donors (Lipinski definition) is 2. The quantitative estimate of drug-likeness (QED) is 0.252. The molecule has 0 spiro atoms. The summed E-state index contributed by atoms with van der Waals surface area (Å²) in [5.41, 5.74) is 1.48. The summed E-state index contributed by atoms with van der Waals surface area (Å²) < 4.78 is 41.4. The summed E-state index contributed by atoms with van der Waals surface area (Å²) in [6.07, 6.45) is 2.06. The van der Waals surface area contributed by atoms with Gasteiger partial charge < -0.3 is 19.5 Å². The van der Waals surface area contributed by atoms with Crippen LogP contribution in [-0.4, -0.2) is 80.8 Å². The summed E-state index contributed by atoms with van der Waals surface area (Å²) in [6.45, 7) is 7.62. The van der Waals surface area contributed by atoms with E-state index in [-0.39, 0.29) is 46.1 Å². The Morgan fingerprint density at radius 3 is 2.61 bits per heavy atom. The fraction of sp³-hybridized carbons (Fsp3) is 0.485. The first-order chi connectivity index (χ1) is 21.9. The summed E-state index contributed by atoms with van der Waals surface area (Å²) in [6, 6.07) is 13.0. The highest BCUT2D eigenvalue weighted by Gasteiger charge is 2.31. The van der Waals surface area contributed by atoms with Gasteiger partial charge in [0.15, 0.2) is 0 Å². The minimum atomic E-state index is -3.84. The number of likely N-dealkylation sites (N-methyl/N-ethyl adjacent to an activating group) is 1. The highest BCUT2D eigenvalue weighted by Crippen LogP contribution is 2.30. The van der Waals surface area contributed by atoms with Gasteiger partial charge in [-0.25, -0.2) is 8.42 Å². The van der Waals surface area contributed by atoms with Gasteiger partial charge in [0, 0.05) is 37.8 Å². The second-order valence-electron chi connectivity index (χ2n) is 12.0. The molecule has 0 bridgehead atoms. The molecule has 0 aliphatic carbocycles. The van der Waals surface area contributed by atoms with Crippen molar-refractivity contribution in [2.45, 2.75) is 69.0 Å². The predicted octanol–water partition coefficient (Wildman–Crippen LogP) is 6.78. The Labute approximate surface area is 286 Å². The number of aliphatic hydroxyl groups excluding tert-OH is 1. The number of sulfonamides is 1. The molecule has 0 saturated carbocycles. The number of carbonyl (C=O) groups is 1. The van der Waals surface area contributed by atoms with Gasteiger partial charge in [0.2, 0.25) is 0 Å². The van der Waals surface area contributed by atoms with Crippen molar-refractivity contribution in [3.05, 3.63) is 75.1 Å². The molecule has 0 unspecified atom stereocenters. The van der Waals surface area contributed by atoms with Crippen LogP contribution in [0.1, 0.15) is 56.0 Å². The van der Waals surface area contributed by atoms with Crippen LogP contribution >= 0.6 is 34.5 Å². The maximum atomic E-state index is 14.3. The number of nitrogens with zero attached hydrogens (tertiary/aromatic N) is 2. The van der Waals surface area contributed by atoms with Crippen molar-refractivity contribution in [1.29, 1.82) is 0 Å². The number of nitrogens with one attached hydrogen (secondary N) is 1. The van der Waals surface area contributed by atoms with E-state index in [0.717, 1.165) is 36.2 Å². The van der Waals surface area contributed by atoms with Crippen molar-refractivity contribution in [3.8, 4) is 5.75 Å². The number of rotatable bonds is 9. The Morgan fingerprint density at radius 1 is 1.13 bits per heavy atom. The molecule has 13 heteroatoms. The molecule has 2 N–H and O–H groups in total. The third kappa shape index (κ3) is 9.82. The number of amides is 1. The van der Waals surface area contributed by atoms with Crippen molar-refractivity contribution in [3.63, 3.8) is 0 Å². The Balaban J connectivity index is 1.62. The number of benzene rings is 2. The molecule has 2 heterocycles. The number of fused-ring (bicyclic) bond motifs is 1. The molecule has 46 heavy (non-hydrogen) atoms. The van der Waals surface area contributed by atoms with Crippen LogP contribution in [0.4, 0.5) is 5.69 Å². The summed E-state index contributed by atoms with van der Waals surface area (Å²) in [7, 11) is -1.82. The molecule has 4 atom stereocenters. The topological polar surface area (TPSA) is 108 Å². The number of carbonyl (C=O) groups excluding carboxylic acids is 1. The van der Waals surface area contributed by atoms with Crippen LogP contribution < -0.4 is 9.46 Å². The van der Waals surface area contributed by atoms with E-state index in [9.17, 15) is 18.3 Å². The van der Waals surface area contributed by atoms with Gasteiger partial charge in [-0.1, -0.05) is 42.3 Å². The molecular formula is C33H43Cl2N3O6S2. The van der Waals surface area contributed by atoms with Crippen LogP contribution in [0.5, 0.6) is 5.75 Å². The monoisotopic (exact) mass is 711 g/mol. The van der Waals surface area contributed by atoms with Gasteiger partial charge in [-0.2, -0.15) is 0 Å². The van der Waals surface area contributed by atoms with E-state index in [1.807, 2.05) is 33.0 Å². The van der Waals surface area contributed by atoms with Crippen LogP contribution in [-0.2, 0) is 21.3 Å². The average Bonchev–Trinajstić information content (AvgIpc) is 3.57. The number of aliphatic hydroxyl groups is 1. The molecule has 1 aliphatic rings. The van der Waals surface area contributed by atoms with Crippen LogP contribution in [0.25, 0.3) is 0 Å². The first-order valence-electron chi connectivity index (χ1n) is 15.4. The van der Waals surface area contributed by atoms with E-state index in [2.05, 4.69) is 9.62 Å². The number of anilines is 1. The maximum Gasteiger partial charge on any atom is 0.271 e. The average molecular weight is 713 g/mol. The smallest absolute Gasteiger partial charge is 0.271 e. The lowest BCUT2D eigenvalue weighted by atomic mass is 10.0. The van der Waals surface area contributed by atoms with E-state index >= 15 is 0 Å². The molecule has 0 radical (unpaired) electrons. The number of thiophene rings is 1. The van der Waals surface area contributed by atoms with Crippen molar-refractivity contribution in [2.24, 2.45) is 5.92 Å². The van der Waals surface area contributed by atoms with Gasteiger partial charge >= 0.3 is 0 Å². The van der Waals surface area contributed by atoms with E-state index in [1.165, 1.54) is 12.1 Å². The minimum Gasteiger partial charge on any atom is -0.490 e. The lowest BCUT2D eigenvalue weighted by Crippen LogP contribution is -2.47. The molecule has 1 aliphatic heterocycles. The standard InChI is InChI=1S/C33H43Cl2N3O6S2/c1-22-18-38(23(2)21-39)33(40)27-17-26(36-46(41,42)32-9-7-15-45-32)11-13-30(27)44-24(3)8-5-6-14-43-31(22)20-37(4)19-25-10-12-28(34)29(35)16-25/h7,9-13,15-17,22-24,31,36,39H,5-6,8,14,18-21H2,1-4H3/t22-,23+,24+,31-/m0/s1. The fourth-order valence-electron chi connectivity index (χ4n) is 5.39.